The molecule has 16 heavy (non-hydrogen) atoms. The van der Waals surface area contributed by atoms with Crippen LogP contribution in [0.5, 0.6) is 0 Å². The van der Waals surface area contributed by atoms with Gasteiger partial charge in [0, 0.05) is 11.4 Å². The molecule has 0 aromatic carbocycles. The minimum Gasteiger partial charge on any atom is -0.349 e. The lowest BCUT2D eigenvalue weighted by Gasteiger charge is -2.28. The summed E-state index contributed by atoms with van der Waals surface area (Å²) in [6, 6.07) is 3.97. The van der Waals surface area contributed by atoms with Gasteiger partial charge < -0.3 is 11.1 Å². The van der Waals surface area contributed by atoms with Gasteiger partial charge in [0.1, 0.15) is 0 Å². The van der Waals surface area contributed by atoms with E-state index in [2.05, 4.69) is 5.32 Å². The SMILES string of the molecule is NCC1(NC(=O)Cc2cccs2)CCCC1. The van der Waals surface area contributed by atoms with Crippen molar-refractivity contribution in [1.29, 1.82) is 0 Å². The number of nitrogens with two attached hydrogens (primary N) is 1. The highest BCUT2D eigenvalue weighted by molar-refractivity contribution is 7.10. The van der Waals surface area contributed by atoms with Crippen molar-refractivity contribution in [2.45, 2.75) is 37.6 Å². The zero-order chi connectivity index (χ0) is 11.4. The van der Waals surface area contributed by atoms with Crippen molar-refractivity contribution in [2.75, 3.05) is 6.54 Å². The van der Waals surface area contributed by atoms with E-state index in [9.17, 15) is 4.79 Å². The molecule has 2 rings (SSSR count). The van der Waals surface area contributed by atoms with Crippen molar-refractivity contribution < 1.29 is 4.79 Å². The minimum absolute atomic E-state index is 0.106. The average molecular weight is 238 g/mol. The number of rotatable bonds is 4. The van der Waals surface area contributed by atoms with Crippen LogP contribution in [0.4, 0.5) is 0 Å². The molecule has 88 valence electrons. The van der Waals surface area contributed by atoms with Crippen LogP contribution in [-0.2, 0) is 11.2 Å². The van der Waals surface area contributed by atoms with E-state index in [1.54, 1.807) is 11.3 Å². The molecule has 3 nitrogen and oxygen atoms in total. The number of nitrogens with one attached hydrogen (secondary N) is 1. The Morgan fingerprint density at radius 3 is 2.81 bits per heavy atom. The van der Waals surface area contributed by atoms with Gasteiger partial charge in [0.15, 0.2) is 0 Å². The Morgan fingerprint density at radius 1 is 1.50 bits per heavy atom. The molecular weight excluding hydrogens is 220 g/mol. The molecule has 1 aromatic rings. The molecule has 1 aliphatic rings. The minimum atomic E-state index is -0.117. The summed E-state index contributed by atoms with van der Waals surface area (Å²) in [5.41, 5.74) is 5.66. The molecule has 1 aromatic heterocycles. The van der Waals surface area contributed by atoms with Crippen molar-refractivity contribution in [1.82, 2.24) is 5.32 Å². The van der Waals surface area contributed by atoms with Crippen molar-refractivity contribution >= 4 is 17.2 Å². The fourth-order valence-corrected chi connectivity index (χ4v) is 3.05. The number of carbonyl (C=O) groups excluding carboxylic acids is 1. The van der Waals surface area contributed by atoms with E-state index in [0.717, 1.165) is 17.7 Å². The molecule has 0 radical (unpaired) electrons. The molecule has 1 saturated carbocycles. The third-order valence-electron chi connectivity index (χ3n) is 3.27. The number of amides is 1. The molecule has 0 aliphatic heterocycles. The Bertz CT molecular complexity index is 342. The van der Waals surface area contributed by atoms with Crippen LogP contribution < -0.4 is 11.1 Å². The van der Waals surface area contributed by atoms with E-state index in [4.69, 9.17) is 5.73 Å². The molecule has 1 aliphatic carbocycles. The van der Waals surface area contributed by atoms with Gasteiger partial charge in [-0.25, -0.2) is 0 Å². The Labute approximate surface area is 100 Å². The molecule has 0 atom stereocenters. The third kappa shape index (κ3) is 2.62. The van der Waals surface area contributed by atoms with Crippen molar-refractivity contribution in [3.05, 3.63) is 22.4 Å². The maximum Gasteiger partial charge on any atom is 0.225 e. The Morgan fingerprint density at radius 2 is 2.25 bits per heavy atom. The van der Waals surface area contributed by atoms with Gasteiger partial charge in [-0.1, -0.05) is 18.9 Å². The molecule has 1 fully saturated rings. The molecule has 1 amide bonds. The van der Waals surface area contributed by atoms with Gasteiger partial charge in [0.05, 0.1) is 12.0 Å². The predicted octanol–water partition coefficient (Wildman–Crippen LogP) is 1.68. The number of hydrogen-bond acceptors (Lipinski definition) is 3. The zero-order valence-electron chi connectivity index (χ0n) is 9.37. The van der Waals surface area contributed by atoms with Gasteiger partial charge in [-0.15, -0.1) is 11.3 Å². The largest absolute Gasteiger partial charge is 0.349 e. The number of hydrogen-bond donors (Lipinski definition) is 2. The second kappa shape index (κ2) is 4.97. The fraction of sp³-hybridized carbons (Fsp3) is 0.583. The lowest BCUT2D eigenvalue weighted by molar-refractivity contribution is -0.122. The monoisotopic (exact) mass is 238 g/mol. The van der Waals surface area contributed by atoms with E-state index in [1.165, 1.54) is 12.8 Å². The number of carbonyl (C=O) groups is 1. The van der Waals surface area contributed by atoms with Crippen LogP contribution >= 0.6 is 11.3 Å². The first-order chi connectivity index (χ1) is 7.74. The van der Waals surface area contributed by atoms with Gasteiger partial charge in [0.25, 0.3) is 0 Å². The van der Waals surface area contributed by atoms with Crippen LogP contribution in [-0.4, -0.2) is 18.0 Å². The van der Waals surface area contributed by atoms with E-state index in [0.29, 0.717) is 13.0 Å². The van der Waals surface area contributed by atoms with Gasteiger partial charge in [-0.05, 0) is 24.3 Å². The highest BCUT2D eigenvalue weighted by Crippen LogP contribution is 2.28. The summed E-state index contributed by atoms with van der Waals surface area (Å²) in [7, 11) is 0. The lowest BCUT2D eigenvalue weighted by atomic mass is 9.97. The standard InChI is InChI=1S/C12H18N2OS/c13-9-12(5-1-2-6-12)14-11(15)8-10-4-3-7-16-10/h3-4,7H,1-2,5-6,8-9,13H2,(H,14,15). The van der Waals surface area contributed by atoms with E-state index in [1.807, 2.05) is 17.5 Å². The second-order valence-electron chi connectivity index (χ2n) is 4.50. The molecule has 1 heterocycles. The highest BCUT2D eigenvalue weighted by Gasteiger charge is 2.33. The van der Waals surface area contributed by atoms with Crippen molar-refractivity contribution in [3.63, 3.8) is 0 Å². The lowest BCUT2D eigenvalue weighted by Crippen LogP contribution is -2.52. The van der Waals surface area contributed by atoms with Gasteiger partial charge in [0.2, 0.25) is 5.91 Å². The summed E-state index contributed by atoms with van der Waals surface area (Å²) in [6.45, 7) is 0.559. The number of thiophene rings is 1. The van der Waals surface area contributed by atoms with Crippen LogP contribution in [0, 0.1) is 0 Å². The van der Waals surface area contributed by atoms with Crippen LogP contribution in [0.3, 0.4) is 0 Å². The molecule has 3 N–H and O–H groups in total. The summed E-state index contributed by atoms with van der Waals surface area (Å²) >= 11 is 1.62. The van der Waals surface area contributed by atoms with Crippen LogP contribution in [0.1, 0.15) is 30.6 Å². The highest BCUT2D eigenvalue weighted by atomic mass is 32.1. The van der Waals surface area contributed by atoms with E-state index in [-0.39, 0.29) is 11.4 Å². The first-order valence-corrected chi connectivity index (χ1v) is 6.65. The normalized spacial score (nSPS) is 18.6. The summed E-state index contributed by atoms with van der Waals surface area (Å²) in [5, 5.41) is 5.12. The van der Waals surface area contributed by atoms with Crippen molar-refractivity contribution in [3.8, 4) is 0 Å². The Hall–Kier alpha value is -0.870. The quantitative estimate of drug-likeness (QED) is 0.838. The predicted molar refractivity (Wildman–Crippen MR) is 66.4 cm³/mol. The fourth-order valence-electron chi connectivity index (χ4n) is 2.34. The van der Waals surface area contributed by atoms with Crippen LogP contribution in [0.25, 0.3) is 0 Å². The molecule has 0 bridgehead atoms. The second-order valence-corrected chi connectivity index (χ2v) is 5.53. The maximum atomic E-state index is 11.9. The molecule has 4 heteroatoms. The molecule has 0 spiro atoms. The first-order valence-electron chi connectivity index (χ1n) is 5.78. The summed E-state index contributed by atoms with van der Waals surface area (Å²) in [4.78, 5) is 13.0. The van der Waals surface area contributed by atoms with Crippen LogP contribution in [0.15, 0.2) is 17.5 Å². The zero-order valence-corrected chi connectivity index (χ0v) is 10.2. The topological polar surface area (TPSA) is 55.1 Å². The smallest absolute Gasteiger partial charge is 0.225 e. The first kappa shape index (κ1) is 11.6. The molecular formula is C12H18N2OS. The Kier molecular flexibility index (Phi) is 3.61. The van der Waals surface area contributed by atoms with E-state index < -0.39 is 0 Å². The third-order valence-corrected chi connectivity index (χ3v) is 4.15. The van der Waals surface area contributed by atoms with Gasteiger partial charge in [-0.2, -0.15) is 0 Å². The van der Waals surface area contributed by atoms with Gasteiger partial charge in [-0.3, -0.25) is 4.79 Å². The van der Waals surface area contributed by atoms with Gasteiger partial charge >= 0.3 is 0 Å². The summed E-state index contributed by atoms with van der Waals surface area (Å²) in [5.74, 6) is 0.106. The molecule has 0 unspecified atom stereocenters. The van der Waals surface area contributed by atoms with Crippen LogP contribution in [0.2, 0.25) is 0 Å². The summed E-state index contributed by atoms with van der Waals surface area (Å²) < 4.78 is 0. The molecule has 0 saturated heterocycles. The van der Waals surface area contributed by atoms with Crippen molar-refractivity contribution in [2.24, 2.45) is 5.73 Å². The average Bonchev–Trinajstić information content (AvgIpc) is 2.90. The van der Waals surface area contributed by atoms with E-state index >= 15 is 0 Å². The maximum absolute atomic E-state index is 11.9. The Balaban J connectivity index is 1.91. The summed E-state index contributed by atoms with van der Waals surface area (Å²) in [6.07, 6.45) is 4.89.